The topological polar surface area (TPSA) is 39.2 Å². The molecule has 1 unspecified atom stereocenters. The highest BCUT2D eigenvalue weighted by Crippen LogP contribution is 2.13. The van der Waals surface area contributed by atoms with Crippen LogP contribution in [0.15, 0.2) is 23.4 Å². The van der Waals surface area contributed by atoms with Crippen LogP contribution < -0.4 is 0 Å². The molecule has 0 aromatic carbocycles. The molecule has 1 rings (SSSR count). The highest BCUT2D eigenvalue weighted by atomic mass is 32.2. The van der Waals surface area contributed by atoms with Crippen molar-refractivity contribution in [3.05, 3.63) is 23.9 Å². The van der Waals surface area contributed by atoms with Crippen molar-refractivity contribution >= 4 is 17.7 Å². The zero-order valence-corrected chi connectivity index (χ0v) is 9.38. The molecule has 1 atom stereocenters. The molecule has 0 aliphatic heterocycles. The molecule has 0 spiro atoms. The van der Waals surface area contributed by atoms with E-state index in [4.69, 9.17) is 11.2 Å². The molecule has 0 fully saturated rings. The van der Waals surface area contributed by atoms with Gasteiger partial charge in [0.1, 0.15) is 0 Å². The average molecular weight is 221 g/mol. The second-order valence-electron chi connectivity index (χ2n) is 2.80. The summed E-state index contributed by atoms with van der Waals surface area (Å²) in [7, 11) is 0. The summed E-state index contributed by atoms with van der Waals surface area (Å²) in [4.78, 5) is 15.6. The molecule has 4 heteroatoms. The monoisotopic (exact) mass is 221 g/mol. The van der Waals surface area contributed by atoms with E-state index in [1.165, 1.54) is 11.8 Å². The largest absolute Gasteiger partial charge is 0.446 e. The fourth-order valence-electron chi connectivity index (χ4n) is 0.911. The lowest BCUT2D eigenvalue weighted by Gasteiger charge is -2.07. The Bertz CT molecular complexity index is 398. The summed E-state index contributed by atoms with van der Waals surface area (Å²) in [6, 6.07) is 3.28. The van der Waals surface area contributed by atoms with E-state index in [2.05, 4.69) is 10.9 Å². The first-order chi connectivity index (χ1) is 7.17. The Hall–Kier alpha value is -1.47. The quantitative estimate of drug-likeness (QED) is 0.444. The number of ether oxygens (including phenoxy) is 1. The molecule has 0 radical (unpaired) electrons. The number of esters is 1. The number of aromatic nitrogens is 1. The van der Waals surface area contributed by atoms with Gasteiger partial charge in [0.25, 0.3) is 0 Å². The summed E-state index contributed by atoms with van der Waals surface area (Å²) in [5, 5.41) is 0.776. The molecule has 0 N–H and O–H groups in total. The van der Waals surface area contributed by atoms with Crippen LogP contribution in [0.2, 0.25) is 0 Å². The molecular weight excluding hydrogens is 210 g/mol. The maximum atomic E-state index is 11.5. The van der Waals surface area contributed by atoms with E-state index in [1.807, 2.05) is 6.26 Å². The number of pyridine rings is 1. The number of nitrogens with zero attached hydrogens (tertiary/aromatic N) is 1. The van der Waals surface area contributed by atoms with Crippen molar-refractivity contribution in [3.63, 3.8) is 0 Å². The zero-order chi connectivity index (χ0) is 11.3. The van der Waals surface area contributed by atoms with E-state index < -0.39 is 12.1 Å². The molecule has 1 aromatic rings. The van der Waals surface area contributed by atoms with Crippen molar-refractivity contribution < 1.29 is 9.53 Å². The lowest BCUT2D eigenvalue weighted by molar-refractivity contribution is 0.0438. The van der Waals surface area contributed by atoms with Gasteiger partial charge >= 0.3 is 5.97 Å². The Morgan fingerprint density at radius 2 is 2.47 bits per heavy atom. The second-order valence-corrected chi connectivity index (χ2v) is 3.63. The number of hydrogen-bond acceptors (Lipinski definition) is 4. The minimum absolute atomic E-state index is 0.418. The molecule has 0 amide bonds. The second kappa shape index (κ2) is 5.42. The number of carbonyl (C=O) groups excluding carboxylic acids is 1. The lowest BCUT2D eigenvalue weighted by atomic mass is 10.3. The van der Waals surface area contributed by atoms with Gasteiger partial charge in [0.2, 0.25) is 0 Å². The van der Waals surface area contributed by atoms with Crippen molar-refractivity contribution in [2.45, 2.75) is 18.1 Å². The minimum Gasteiger partial charge on any atom is -0.446 e. The summed E-state index contributed by atoms with van der Waals surface area (Å²) >= 11 is 1.47. The average Bonchev–Trinajstić information content (AvgIpc) is 2.28. The van der Waals surface area contributed by atoms with Crippen LogP contribution in [0.4, 0.5) is 0 Å². The molecule has 0 aliphatic rings. The third-order valence-corrected chi connectivity index (χ3v) is 2.34. The normalized spacial score (nSPS) is 11.5. The highest BCUT2D eigenvalue weighted by Gasteiger charge is 2.10. The minimum atomic E-state index is -0.511. The van der Waals surface area contributed by atoms with Crippen LogP contribution in [0.3, 0.4) is 0 Å². The Balaban J connectivity index is 2.78. The predicted octanol–water partition coefficient (Wildman–Crippen LogP) is 1.98. The van der Waals surface area contributed by atoms with Gasteiger partial charge in [-0.05, 0) is 25.3 Å². The van der Waals surface area contributed by atoms with Crippen LogP contribution in [0.25, 0.3) is 0 Å². The maximum Gasteiger partial charge on any atom is 0.339 e. The first kappa shape index (κ1) is 11.6. The van der Waals surface area contributed by atoms with Gasteiger partial charge in [-0.3, -0.25) is 0 Å². The van der Waals surface area contributed by atoms with E-state index in [9.17, 15) is 4.79 Å². The zero-order valence-electron chi connectivity index (χ0n) is 8.56. The van der Waals surface area contributed by atoms with Gasteiger partial charge in [-0.25, -0.2) is 9.78 Å². The molecule has 0 saturated heterocycles. The fraction of sp³-hybridized carbons (Fsp3) is 0.273. The van der Waals surface area contributed by atoms with Crippen LogP contribution in [-0.2, 0) is 4.74 Å². The molecule has 0 aliphatic carbocycles. The molecule has 78 valence electrons. The molecule has 1 aromatic heterocycles. The molecule has 0 bridgehead atoms. The Morgan fingerprint density at radius 1 is 1.73 bits per heavy atom. The number of rotatable bonds is 3. The van der Waals surface area contributed by atoms with E-state index in [-0.39, 0.29) is 0 Å². The first-order valence-electron chi connectivity index (χ1n) is 4.34. The summed E-state index contributed by atoms with van der Waals surface area (Å²) in [6.07, 6.45) is 8.06. The van der Waals surface area contributed by atoms with Gasteiger partial charge in [0.05, 0.1) is 10.6 Å². The van der Waals surface area contributed by atoms with E-state index in [0.717, 1.165) is 5.03 Å². The third kappa shape index (κ3) is 3.30. The van der Waals surface area contributed by atoms with Crippen LogP contribution >= 0.6 is 11.8 Å². The van der Waals surface area contributed by atoms with Crippen molar-refractivity contribution in [2.75, 3.05) is 6.26 Å². The predicted molar refractivity (Wildman–Crippen MR) is 59.7 cm³/mol. The third-order valence-electron chi connectivity index (χ3n) is 1.70. The molecule has 15 heavy (non-hydrogen) atoms. The van der Waals surface area contributed by atoms with Gasteiger partial charge in [-0.2, -0.15) is 0 Å². The Morgan fingerprint density at radius 3 is 3.07 bits per heavy atom. The van der Waals surface area contributed by atoms with Crippen LogP contribution in [-0.4, -0.2) is 23.3 Å². The van der Waals surface area contributed by atoms with Crippen LogP contribution in [0.5, 0.6) is 0 Å². The van der Waals surface area contributed by atoms with Crippen molar-refractivity contribution in [2.24, 2.45) is 0 Å². The first-order valence-corrected chi connectivity index (χ1v) is 5.57. The molecule has 0 saturated carbocycles. The van der Waals surface area contributed by atoms with Gasteiger partial charge in [0, 0.05) is 6.20 Å². The van der Waals surface area contributed by atoms with Crippen molar-refractivity contribution in [1.82, 2.24) is 4.98 Å². The standard InChI is InChI=1S/C11H11NO2S/c1-4-8(2)14-11(13)9-5-6-12-10(7-9)15-3/h1,5-8H,2-3H3. The number of terminal acetylenes is 1. The number of thioether (sulfide) groups is 1. The van der Waals surface area contributed by atoms with Gasteiger partial charge < -0.3 is 4.74 Å². The van der Waals surface area contributed by atoms with Crippen LogP contribution in [0.1, 0.15) is 17.3 Å². The van der Waals surface area contributed by atoms with E-state index in [1.54, 1.807) is 25.3 Å². The smallest absolute Gasteiger partial charge is 0.339 e. The van der Waals surface area contributed by atoms with Gasteiger partial charge in [0.15, 0.2) is 6.10 Å². The number of hydrogen-bond donors (Lipinski definition) is 0. The van der Waals surface area contributed by atoms with E-state index in [0.29, 0.717) is 5.56 Å². The fourth-order valence-corrected chi connectivity index (χ4v) is 1.32. The SMILES string of the molecule is C#CC(C)OC(=O)c1ccnc(SC)c1. The molecule has 1 heterocycles. The molecular formula is C11H11NO2S. The van der Waals surface area contributed by atoms with Crippen molar-refractivity contribution in [1.29, 1.82) is 0 Å². The molecule has 3 nitrogen and oxygen atoms in total. The summed E-state index contributed by atoms with van der Waals surface area (Å²) in [6.45, 7) is 1.65. The highest BCUT2D eigenvalue weighted by molar-refractivity contribution is 7.98. The maximum absolute atomic E-state index is 11.5. The Labute approximate surface area is 93.2 Å². The van der Waals surface area contributed by atoms with Gasteiger partial charge in [-0.15, -0.1) is 18.2 Å². The van der Waals surface area contributed by atoms with Gasteiger partial charge in [-0.1, -0.05) is 5.92 Å². The lowest BCUT2D eigenvalue weighted by Crippen LogP contribution is -2.13. The summed E-state index contributed by atoms with van der Waals surface area (Å²) in [5.74, 6) is 1.91. The van der Waals surface area contributed by atoms with E-state index >= 15 is 0 Å². The number of carbonyl (C=O) groups is 1. The summed E-state index contributed by atoms with van der Waals surface area (Å²) < 4.78 is 4.97. The summed E-state index contributed by atoms with van der Waals surface area (Å²) in [5.41, 5.74) is 0.469. The Kier molecular flexibility index (Phi) is 4.19. The van der Waals surface area contributed by atoms with Crippen molar-refractivity contribution in [3.8, 4) is 12.3 Å². The van der Waals surface area contributed by atoms with Crippen LogP contribution in [0, 0.1) is 12.3 Å².